The second-order valence-corrected chi connectivity index (χ2v) is 5.53. The summed E-state index contributed by atoms with van der Waals surface area (Å²) in [6, 6.07) is 11.6. The fraction of sp³-hybridized carbons (Fsp3) is 0.312. The standard InChI is InChI=1S/C16H19NO2/c1-16(2,3)19-15(18)13-6-5-12-10-14(17-4)8-7-11(12)9-13/h5-10,17H,1-4H3. The molecule has 0 fully saturated rings. The van der Waals surface area contributed by atoms with Gasteiger partial charge in [-0.25, -0.2) is 4.79 Å². The van der Waals surface area contributed by atoms with Crippen LogP contribution in [0.15, 0.2) is 36.4 Å². The van der Waals surface area contributed by atoms with Gasteiger partial charge in [-0.3, -0.25) is 0 Å². The van der Waals surface area contributed by atoms with Crippen LogP contribution >= 0.6 is 0 Å². The molecule has 0 spiro atoms. The van der Waals surface area contributed by atoms with Crippen molar-refractivity contribution in [1.29, 1.82) is 0 Å². The van der Waals surface area contributed by atoms with E-state index in [9.17, 15) is 4.79 Å². The van der Waals surface area contributed by atoms with Crippen molar-refractivity contribution in [2.75, 3.05) is 12.4 Å². The molecule has 0 aliphatic heterocycles. The highest BCUT2D eigenvalue weighted by atomic mass is 16.6. The lowest BCUT2D eigenvalue weighted by atomic mass is 10.1. The molecule has 3 heteroatoms. The molecular weight excluding hydrogens is 238 g/mol. The normalized spacial score (nSPS) is 11.4. The van der Waals surface area contributed by atoms with Crippen LogP contribution in [0.5, 0.6) is 0 Å². The Kier molecular flexibility index (Phi) is 3.47. The SMILES string of the molecule is CNc1ccc2cc(C(=O)OC(C)(C)C)ccc2c1. The molecular formula is C16H19NO2. The fourth-order valence-corrected chi connectivity index (χ4v) is 1.87. The minimum absolute atomic E-state index is 0.285. The molecule has 2 rings (SSSR count). The molecule has 2 aromatic carbocycles. The first kappa shape index (κ1) is 13.4. The van der Waals surface area contributed by atoms with Crippen molar-refractivity contribution in [3.63, 3.8) is 0 Å². The van der Waals surface area contributed by atoms with E-state index in [1.807, 2.05) is 58.2 Å². The summed E-state index contributed by atoms with van der Waals surface area (Å²) >= 11 is 0. The molecule has 3 nitrogen and oxygen atoms in total. The van der Waals surface area contributed by atoms with Crippen molar-refractivity contribution < 1.29 is 9.53 Å². The molecule has 100 valence electrons. The first-order chi connectivity index (χ1) is 8.89. The lowest BCUT2D eigenvalue weighted by Crippen LogP contribution is -2.23. The second kappa shape index (κ2) is 4.92. The van der Waals surface area contributed by atoms with E-state index in [4.69, 9.17) is 4.74 Å². The molecule has 0 bridgehead atoms. The molecule has 1 N–H and O–H groups in total. The number of carbonyl (C=O) groups excluding carboxylic acids is 1. The highest BCUT2D eigenvalue weighted by Gasteiger charge is 2.17. The summed E-state index contributed by atoms with van der Waals surface area (Å²) in [5.41, 5.74) is 1.17. The smallest absolute Gasteiger partial charge is 0.338 e. The number of carbonyl (C=O) groups is 1. The third-order valence-electron chi connectivity index (χ3n) is 2.76. The number of hydrogen-bond donors (Lipinski definition) is 1. The molecule has 0 aliphatic rings. The molecule has 19 heavy (non-hydrogen) atoms. The molecule has 0 radical (unpaired) electrons. The number of rotatable bonds is 2. The van der Waals surface area contributed by atoms with Gasteiger partial charge in [-0.15, -0.1) is 0 Å². The van der Waals surface area contributed by atoms with Crippen LogP contribution in [0.25, 0.3) is 10.8 Å². The number of esters is 1. The zero-order chi connectivity index (χ0) is 14.0. The van der Waals surface area contributed by atoms with Crippen molar-refractivity contribution in [2.45, 2.75) is 26.4 Å². The van der Waals surface area contributed by atoms with Crippen molar-refractivity contribution in [1.82, 2.24) is 0 Å². The second-order valence-electron chi connectivity index (χ2n) is 5.53. The minimum Gasteiger partial charge on any atom is -0.456 e. The van der Waals surface area contributed by atoms with Crippen molar-refractivity contribution >= 4 is 22.4 Å². The first-order valence-corrected chi connectivity index (χ1v) is 6.34. The summed E-state index contributed by atoms with van der Waals surface area (Å²) in [4.78, 5) is 12.0. The maximum Gasteiger partial charge on any atom is 0.338 e. The van der Waals surface area contributed by atoms with Gasteiger partial charge in [-0.1, -0.05) is 12.1 Å². The third kappa shape index (κ3) is 3.25. The van der Waals surface area contributed by atoms with E-state index in [0.717, 1.165) is 16.5 Å². The van der Waals surface area contributed by atoms with Crippen LogP contribution in [-0.2, 0) is 4.74 Å². The highest BCUT2D eigenvalue weighted by Crippen LogP contribution is 2.21. The Hall–Kier alpha value is -2.03. The zero-order valence-electron chi connectivity index (χ0n) is 11.8. The molecule has 0 saturated carbocycles. The maximum atomic E-state index is 12.0. The Morgan fingerprint density at radius 3 is 2.32 bits per heavy atom. The summed E-state index contributed by atoms with van der Waals surface area (Å²) < 4.78 is 5.37. The monoisotopic (exact) mass is 257 g/mol. The van der Waals surface area contributed by atoms with Crippen LogP contribution in [0, 0.1) is 0 Å². The van der Waals surface area contributed by atoms with Gasteiger partial charge in [-0.2, -0.15) is 0 Å². The van der Waals surface area contributed by atoms with E-state index in [1.54, 1.807) is 6.07 Å². The van der Waals surface area contributed by atoms with Gasteiger partial charge in [0.05, 0.1) is 5.56 Å². The first-order valence-electron chi connectivity index (χ1n) is 6.34. The van der Waals surface area contributed by atoms with Crippen molar-refractivity contribution in [3.05, 3.63) is 42.0 Å². The lowest BCUT2D eigenvalue weighted by molar-refractivity contribution is 0.00697. The van der Waals surface area contributed by atoms with Gasteiger partial charge in [0.1, 0.15) is 5.60 Å². The van der Waals surface area contributed by atoms with Gasteiger partial charge in [0, 0.05) is 12.7 Å². The number of hydrogen-bond acceptors (Lipinski definition) is 3. The number of benzene rings is 2. The lowest BCUT2D eigenvalue weighted by Gasteiger charge is -2.19. The number of fused-ring (bicyclic) bond motifs is 1. The number of anilines is 1. The van der Waals surface area contributed by atoms with E-state index in [0.29, 0.717) is 5.56 Å². The van der Waals surface area contributed by atoms with Crippen LogP contribution < -0.4 is 5.32 Å². The average molecular weight is 257 g/mol. The molecule has 2 aromatic rings. The highest BCUT2D eigenvalue weighted by molar-refractivity contribution is 5.96. The Morgan fingerprint density at radius 1 is 1.05 bits per heavy atom. The van der Waals surface area contributed by atoms with E-state index >= 15 is 0 Å². The van der Waals surface area contributed by atoms with Crippen LogP contribution in [0.2, 0.25) is 0 Å². The predicted molar refractivity (Wildman–Crippen MR) is 78.7 cm³/mol. The Labute approximate surface area is 113 Å². The molecule has 0 heterocycles. The Balaban J connectivity index is 2.34. The van der Waals surface area contributed by atoms with E-state index in [-0.39, 0.29) is 5.97 Å². The molecule has 0 atom stereocenters. The Bertz CT molecular complexity index is 612. The average Bonchev–Trinajstić information content (AvgIpc) is 2.35. The van der Waals surface area contributed by atoms with Crippen LogP contribution in [0.4, 0.5) is 5.69 Å². The van der Waals surface area contributed by atoms with Gasteiger partial charge in [0.15, 0.2) is 0 Å². The van der Waals surface area contributed by atoms with E-state index in [2.05, 4.69) is 5.32 Å². The fourth-order valence-electron chi connectivity index (χ4n) is 1.87. The summed E-state index contributed by atoms with van der Waals surface area (Å²) in [7, 11) is 1.89. The van der Waals surface area contributed by atoms with Gasteiger partial charge in [0.2, 0.25) is 0 Å². The predicted octanol–water partition coefficient (Wildman–Crippen LogP) is 3.84. The van der Waals surface area contributed by atoms with Gasteiger partial charge >= 0.3 is 5.97 Å². The molecule has 0 saturated heterocycles. The van der Waals surface area contributed by atoms with E-state index in [1.165, 1.54) is 0 Å². The number of nitrogens with one attached hydrogen (secondary N) is 1. The van der Waals surface area contributed by atoms with Crippen LogP contribution in [-0.4, -0.2) is 18.6 Å². The molecule has 0 aliphatic carbocycles. The molecule has 0 amide bonds. The third-order valence-corrected chi connectivity index (χ3v) is 2.76. The summed E-state index contributed by atoms with van der Waals surface area (Å²) in [6.45, 7) is 5.60. The molecule has 0 aromatic heterocycles. The van der Waals surface area contributed by atoms with Crippen LogP contribution in [0.3, 0.4) is 0 Å². The quantitative estimate of drug-likeness (QED) is 0.831. The Morgan fingerprint density at radius 2 is 1.68 bits per heavy atom. The van der Waals surface area contributed by atoms with Gasteiger partial charge in [-0.05, 0) is 55.8 Å². The molecule has 0 unspecified atom stereocenters. The van der Waals surface area contributed by atoms with Crippen molar-refractivity contribution in [3.8, 4) is 0 Å². The number of ether oxygens (including phenoxy) is 1. The van der Waals surface area contributed by atoms with E-state index < -0.39 is 5.60 Å². The van der Waals surface area contributed by atoms with Crippen molar-refractivity contribution in [2.24, 2.45) is 0 Å². The zero-order valence-corrected chi connectivity index (χ0v) is 11.8. The largest absolute Gasteiger partial charge is 0.456 e. The maximum absolute atomic E-state index is 12.0. The van der Waals surface area contributed by atoms with Gasteiger partial charge in [0.25, 0.3) is 0 Å². The summed E-state index contributed by atoms with van der Waals surface area (Å²) in [5, 5.41) is 5.22. The minimum atomic E-state index is -0.470. The van der Waals surface area contributed by atoms with Crippen LogP contribution in [0.1, 0.15) is 31.1 Å². The topological polar surface area (TPSA) is 38.3 Å². The summed E-state index contributed by atoms with van der Waals surface area (Å²) in [6.07, 6.45) is 0. The van der Waals surface area contributed by atoms with Gasteiger partial charge < -0.3 is 10.1 Å². The summed E-state index contributed by atoms with van der Waals surface area (Å²) in [5.74, 6) is -0.285.